The molecule has 0 saturated heterocycles. The summed E-state index contributed by atoms with van der Waals surface area (Å²) in [4.78, 5) is 10.9. The van der Waals surface area contributed by atoms with Crippen molar-refractivity contribution in [2.45, 2.75) is 19.3 Å². The van der Waals surface area contributed by atoms with E-state index >= 15 is 0 Å². The van der Waals surface area contributed by atoms with Gasteiger partial charge in [0.15, 0.2) is 0 Å². The van der Waals surface area contributed by atoms with Crippen LogP contribution in [0.2, 0.25) is 0 Å². The zero-order valence-electron chi connectivity index (χ0n) is 12.9. The Morgan fingerprint density at radius 2 is 2.18 bits per heavy atom. The quantitative estimate of drug-likeness (QED) is 0.579. The van der Waals surface area contributed by atoms with Crippen LogP contribution < -0.4 is 4.90 Å². The van der Waals surface area contributed by atoms with Crippen molar-refractivity contribution in [3.63, 3.8) is 0 Å². The summed E-state index contributed by atoms with van der Waals surface area (Å²) in [7, 11) is 2.08. The standard InChI is InChI=1S/C17H20N4S/c1-14-13-22-17(20-14)15(11-18)12-19-9-6-10-21(2)16-7-4-3-5-8-16/h3-5,7-8,12-13,15H,6,9-10H2,1-2H3/t15-/m0/s1. The number of anilines is 1. The number of nitrogens with zero attached hydrogens (tertiary/aromatic N) is 4. The summed E-state index contributed by atoms with van der Waals surface area (Å²) in [6, 6.07) is 12.5. The van der Waals surface area contributed by atoms with Crippen molar-refractivity contribution in [1.29, 1.82) is 5.26 Å². The normalized spacial score (nSPS) is 12.2. The number of benzene rings is 1. The van der Waals surface area contributed by atoms with Gasteiger partial charge in [-0.25, -0.2) is 4.98 Å². The maximum atomic E-state index is 9.20. The highest BCUT2D eigenvalue weighted by molar-refractivity contribution is 7.09. The summed E-state index contributed by atoms with van der Waals surface area (Å²) < 4.78 is 0. The monoisotopic (exact) mass is 312 g/mol. The number of aromatic nitrogens is 1. The molecule has 0 radical (unpaired) electrons. The van der Waals surface area contributed by atoms with E-state index in [-0.39, 0.29) is 5.92 Å². The minimum absolute atomic E-state index is 0.328. The summed E-state index contributed by atoms with van der Waals surface area (Å²) in [5.41, 5.74) is 2.16. The topological polar surface area (TPSA) is 52.3 Å². The van der Waals surface area contributed by atoms with E-state index in [1.165, 1.54) is 17.0 Å². The van der Waals surface area contributed by atoms with Gasteiger partial charge in [-0.2, -0.15) is 5.26 Å². The molecule has 114 valence electrons. The molecule has 0 N–H and O–H groups in total. The second-order valence-corrected chi connectivity index (χ2v) is 5.99. The second-order valence-electron chi connectivity index (χ2n) is 5.10. The van der Waals surface area contributed by atoms with Gasteiger partial charge in [-0.1, -0.05) is 18.2 Å². The van der Waals surface area contributed by atoms with Crippen LogP contribution in [0.3, 0.4) is 0 Å². The van der Waals surface area contributed by atoms with Crippen molar-refractivity contribution in [3.8, 4) is 6.07 Å². The summed E-state index contributed by atoms with van der Waals surface area (Å²) in [5.74, 6) is -0.328. The molecule has 0 spiro atoms. The number of nitriles is 1. The van der Waals surface area contributed by atoms with Gasteiger partial charge >= 0.3 is 0 Å². The van der Waals surface area contributed by atoms with E-state index < -0.39 is 0 Å². The van der Waals surface area contributed by atoms with Crippen LogP contribution in [0, 0.1) is 18.3 Å². The zero-order chi connectivity index (χ0) is 15.8. The van der Waals surface area contributed by atoms with Crippen LogP contribution in [0.4, 0.5) is 5.69 Å². The first-order valence-corrected chi connectivity index (χ1v) is 8.16. The van der Waals surface area contributed by atoms with Crippen LogP contribution in [0.15, 0.2) is 40.7 Å². The predicted molar refractivity (Wildman–Crippen MR) is 92.9 cm³/mol. The van der Waals surface area contributed by atoms with Crippen LogP contribution >= 0.6 is 11.3 Å². The fourth-order valence-corrected chi connectivity index (χ4v) is 2.86. The number of rotatable bonds is 7. The van der Waals surface area contributed by atoms with Crippen molar-refractivity contribution in [3.05, 3.63) is 46.4 Å². The molecule has 0 saturated carbocycles. The Kier molecular flexibility index (Phi) is 6.11. The Hall–Kier alpha value is -2.19. The van der Waals surface area contributed by atoms with Gasteiger partial charge in [-0.15, -0.1) is 11.3 Å². The lowest BCUT2D eigenvalue weighted by molar-refractivity contribution is 0.796. The summed E-state index contributed by atoms with van der Waals surface area (Å²) in [6.45, 7) is 3.60. The first kappa shape index (κ1) is 16.2. The highest BCUT2D eigenvalue weighted by Crippen LogP contribution is 2.18. The molecule has 0 aliphatic carbocycles. The van der Waals surface area contributed by atoms with E-state index in [1.54, 1.807) is 6.21 Å². The first-order chi connectivity index (χ1) is 10.7. The van der Waals surface area contributed by atoms with Crippen LogP contribution in [0.1, 0.15) is 23.0 Å². The summed E-state index contributed by atoms with van der Waals surface area (Å²) >= 11 is 1.52. The number of aliphatic imine (C=N–C) groups is 1. The van der Waals surface area contributed by atoms with Crippen LogP contribution in [-0.2, 0) is 0 Å². The molecule has 1 aromatic carbocycles. The molecule has 2 rings (SSSR count). The SMILES string of the molecule is Cc1csc([C@@H](C#N)C=NCCCN(C)c2ccccc2)n1. The Morgan fingerprint density at radius 3 is 2.82 bits per heavy atom. The number of aryl methyl sites for hydroxylation is 1. The van der Waals surface area contributed by atoms with Crippen molar-refractivity contribution >= 4 is 23.2 Å². The van der Waals surface area contributed by atoms with Gasteiger partial charge in [0.1, 0.15) is 10.9 Å². The van der Waals surface area contributed by atoms with Crippen LogP contribution in [0.25, 0.3) is 0 Å². The Balaban J connectivity index is 1.77. The maximum absolute atomic E-state index is 9.20. The lowest BCUT2D eigenvalue weighted by atomic mass is 10.2. The third-order valence-electron chi connectivity index (χ3n) is 3.27. The third-order valence-corrected chi connectivity index (χ3v) is 4.32. The summed E-state index contributed by atoms with van der Waals surface area (Å²) in [5, 5.41) is 12.0. The van der Waals surface area contributed by atoms with Gasteiger partial charge < -0.3 is 4.90 Å². The van der Waals surface area contributed by atoms with Gasteiger partial charge in [0, 0.05) is 43.1 Å². The smallest absolute Gasteiger partial charge is 0.133 e. The molecule has 0 aliphatic heterocycles. The second kappa shape index (κ2) is 8.30. The Labute approximate surface area is 135 Å². The van der Waals surface area contributed by atoms with Crippen LogP contribution in [-0.4, -0.2) is 31.3 Å². The van der Waals surface area contributed by atoms with E-state index in [9.17, 15) is 5.26 Å². The van der Waals surface area contributed by atoms with Crippen molar-refractivity contribution in [2.75, 3.05) is 25.0 Å². The fraction of sp³-hybridized carbons (Fsp3) is 0.353. The van der Waals surface area contributed by atoms with Crippen molar-refractivity contribution in [2.24, 2.45) is 4.99 Å². The molecule has 0 bridgehead atoms. The molecule has 1 heterocycles. The highest BCUT2D eigenvalue weighted by Gasteiger charge is 2.11. The highest BCUT2D eigenvalue weighted by atomic mass is 32.1. The lowest BCUT2D eigenvalue weighted by Crippen LogP contribution is -2.18. The molecule has 1 atom stereocenters. The predicted octanol–water partition coefficient (Wildman–Crippen LogP) is 3.66. The maximum Gasteiger partial charge on any atom is 0.133 e. The van der Waals surface area contributed by atoms with Crippen molar-refractivity contribution in [1.82, 2.24) is 4.98 Å². The van der Waals surface area contributed by atoms with Gasteiger partial charge in [0.25, 0.3) is 0 Å². The lowest BCUT2D eigenvalue weighted by Gasteiger charge is -2.18. The fourth-order valence-electron chi connectivity index (χ4n) is 2.06. The molecule has 5 heteroatoms. The van der Waals surface area contributed by atoms with E-state index in [2.05, 4.69) is 40.1 Å². The molecule has 0 amide bonds. The van der Waals surface area contributed by atoms with Gasteiger partial charge in [-0.3, -0.25) is 4.99 Å². The number of para-hydroxylation sites is 1. The van der Waals surface area contributed by atoms with E-state index in [0.29, 0.717) is 0 Å². The molecule has 0 unspecified atom stereocenters. The van der Waals surface area contributed by atoms with Crippen LogP contribution in [0.5, 0.6) is 0 Å². The van der Waals surface area contributed by atoms with Gasteiger partial charge in [0.05, 0.1) is 6.07 Å². The summed E-state index contributed by atoms with van der Waals surface area (Å²) in [6.07, 6.45) is 2.68. The largest absolute Gasteiger partial charge is 0.375 e. The average molecular weight is 312 g/mol. The molecule has 1 aromatic heterocycles. The number of hydrogen-bond donors (Lipinski definition) is 0. The average Bonchev–Trinajstić information content (AvgIpc) is 2.97. The van der Waals surface area contributed by atoms with E-state index in [4.69, 9.17) is 0 Å². The molecule has 0 aliphatic rings. The molecule has 4 nitrogen and oxygen atoms in total. The molecular formula is C17H20N4S. The number of thiazole rings is 1. The minimum atomic E-state index is -0.328. The Bertz CT molecular complexity index is 642. The third kappa shape index (κ3) is 4.68. The molecule has 2 aromatic rings. The van der Waals surface area contributed by atoms with Gasteiger partial charge in [0.2, 0.25) is 0 Å². The number of hydrogen-bond acceptors (Lipinski definition) is 5. The molecular weight excluding hydrogens is 292 g/mol. The van der Waals surface area contributed by atoms with E-state index in [1.807, 2.05) is 30.5 Å². The van der Waals surface area contributed by atoms with Gasteiger partial charge in [-0.05, 0) is 25.5 Å². The zero-order valence-corrected chi connectivity index (χ0v) is 13.8. The van der Waals surface area contributed by atoms with Crippen molar-refractivity contribution < 1.29 is 0 Å². The first-order valence-electron chi connectivity index (χ1n) is 7.28. The Morgan fingerprint density at radius 1 is 1.41 bits per heavy atom. The minimum Gasteiger partial charge on any atom is -0.375 e. The molecule has 22 heavy (non-hydrogen) atoms. The molecule has 0 fully saturated rings. The van der Waals surface area contributed by atoms with E-state index in [0.717, 1.165) is 30.2 Å².